The van der Waals surface area contributed by atoms with Gasteiger partial charge in [-0.2, -0.15) is 0 Å². The van der Waals surface area contributed by atoms with E-state index in [0.717, 1.165) is 29.6 Å². The van der Waals surface area contributed by atoms with Gasteiger partial charge >= 0.3 is 0 Å². The zero-order valence-corrected chi connectivity index (χ0v) is 14.4. The number of hydrogen-bond donors (Lipinski definition) is 2. The van der Waals surface area contributed by atoms with Crippen molar-refractivity contribution in [2.75, 3.05) is 0 Å². The number of carbonyl (C=O) groups excluding carboxylic acids is 1. The lowest BCUT2D eigenvalue weighted by atomic mass is 9.88. The number of aryl methyl sites for hydroxylation is 1. The molecule has 1 aliphatic rings. The Bertz CT molecular complexity index is 901. The average Bonchev–Trinajstić information content (AvgIpc) is 2.83. The highest BCUT2D eigenvalue weighted by Crippen LogP contribution is 2.38. The molecule has 0 unspecified atom stereocenters. The molecule has 0 saturated carbocycles. The van der Waals surface area contributed by atoms with Crippen LogP contribution in [-0.4, -0.2) is 16.9 Å². The number of hydrogen-bond acceptors (Lipinski definition) is 1. The third-order valence-electron chi connectivity index (χ3n) is 4.29. The Morgan fingerprint density at radius 1 is 1.46 bits per heavy atom. The zero-order chi connectivity index (χ0) is 17.3. The Balaban J connectivity index is 1.98. The van der Waals surface area contributed by atoms with E-state index in [1.807, 2.05) is 13.0 Å². The number of H-pyrrole nitrogens is 1. The zero-order valence-electron chi connectivity index (χ0n) is 13.6. The summed E-state index contributed by atoms with van der Waals surface area (Å²) in [6.45, 7) is 3.49. The minimum absolute atomic E-state index is 0.0492. The van der Waals surface area contributed by atoms with Crippen molar-refractivity contribution in [2.45, 2.75) is 39.2 Å². The first kappa shape index (κ1) is 16.6. The van der Waals surface area contributed by atoms with Crippen LogP contribution in [-0.2, 0) is 4.79 Å². The first-order chi connectivity index (χ1) is 11.5. The van der Waals surface area contributed by atoms with Crippen molar-refractivity contribution in [2.24, 2.45) is 0 Å². The number of amides is 1. The quantitative estimate of drug-likeness (QED) is 0.782. The number of carbonyl (C=O) groups is 1. The maximum atomic E-state index is 14.6. The number of rotatable bonds is 2. The van der Waals surface area contributed by atoms with Crippen LogP contribution in [0.25, 0.3) is 16.5 Å². The lowest BCUT2D eigenvalue weighted by molar-refractivity contribution is -0.116. The van der Waals surface area contributed by atoms with E-state index in [1.165, 1.54) is 6.07 Å². The van der Waals surface area contributed by atoms with Crippen molar-refractivity contribution in [1.82, 2.24) is 10.3 Å². The van der Waals surface area contributed by atoms with E-state index in [1.54, 1.807) is 13.0 Å². The molecule has 1 aliphatic carbocycles. The first-order valence-electron chi connectivity index (χ1n) is 7.90. The summed E-state index contributed by atoms with van der Waals surface area (Å²) in [5, 5.41) is 4.14. The van der Waals surface area contributed by atoms with Crippen LogP contribution in [0.4, 0.5) is 4.39 Å². The van der Waals surface area contributed by atoms with Crippen LogP contribution < -0.4 is 5.32 Å². The standard InChI is InChI=1S/C19H18ClFN2O/c1-3-5-16(24)23-13-7-4-6-12(10-13)17-14(21)8-9-15-18(17)19(20)11(2)22-15/h6,8-9,13,22H,4,7,10H2,1-2H3,(H,23,24)/t13-/m1/s1. The highest BCUT2D eigenvalue weighted by Gasteiger charge is 2.23. The van der Waals surface area contributed by atoms with Gasteiger partial charge in [-0.15, -0.1) is 0 Å². The molecule has 1 aromatic heterocycles. The molecule has 2 N–H and O–H groups in total. The predicted molar refractivity (Wildman–Crippen MR) is 95.2 cm³/mol. The van der Waals surface area contributed by atoms with E-state index in [4.69, 9.17) is 11.6 Å². The number of aromatic amines is 1. The van der Waals surface area contributed by atoms with Crippen molar-refractivity contribution in [3.63, 3.8) is 0 Å². The van der Waals surface area contributed by atoms with E-state index in [9.17, 15) is 9.18 Å². The Morgan fingerprint density at radius 3 is 3.00 bits per heavy atom. The fourth-order valence-corrected chi connectivity index (χ4v) is 3.48. The predicted octanol–water partition coefficient (Wildman–Crippen LogP) is 4.34. The largest absolute Gasteiger partial charge is 0.357 e. The maximum absolute atomic E-state index is 14.6. The van der Waals surface area contributed by atoms with Crippen LogP contribution in [0, 0.1) is 24.6 Å². The Hall–Kier alpha value is -2.25. The van der Waals surface area contributed by atoms with Gasteiger partial charge in [0.05, 0.1) is 5.02 Å². The van der Waals surface area contributed by atoms with E-state index < -0.39 is 0 Å². The van der Waals surface area contributed by atoms with Gasteiger partial charge in [0.15, 0.2) is 0 Å². The van der Waals surface area contributed by atoms with Crippen LogP contribution >= 0.6 is 11.6 Å². The van der Waals surface area contributed by atoms with Gasteiger partial charge in [0, 0.05) is 28.2 Å². The van der Waals surface area contributed by atoms with Gasteiger partial charge in [-0.05, 0) is 56.7 Å². The normalized spacial score (nSPS) is 17.2. The number of halogens is 2. The van der Waals surface area contributed by atoms with Gasteiger partial charge in [-0.25, -0.2) is 4.39 Å². The molecule has 5 heteroatoms. The molecule has 0 fully saturated rings. The molecule has 0 radical (unpaired) electrons. The Kier molecular flexibility index (Phi) is 4.64. The minimum Gasteiger partial charge on any atom is -0.357 e. The molecule has 1 amide bonds. The van der Waals surface area contributed by atoms with Crippen LogP contribution in [0.1, 0.15) is 37.4 Å². The molecule has 0 spiro atoms. The number of fused-ring (bicyclic) bond motifs is 1. The molecule has 0 aliphatic heterocycles. The second kappa shape index (κ2) is 6.70. The van der Waals surface area contributed by atoms with Crippen molar-refractivity contribution in [3.8, 4) is 11.8 Å². The lowest BCUT2D eigenvalue weighted by Gasteiger charge is -2.24. The van der Waals surface area contributed by atoms with E-state index in [-0.39, 0.29) is 17.8 Å². The topological polar surface area (TPSA) is 44.9 Å². The molecule has 124 valence electrons. The van der Waals surface area contributed by atoms with Crippen LogP contribution in [0.5, 0.6) is 0 Å². The Morgan fingerprint density at radius 2 is 2.25 bits per heavy atom. The molecule has 1 aromatic carbocycles. The third kappa shape index (κ3) is 3.05. The van der Waals surface area contributed by atoms with Crippen molar-refractivity contribution >= 4 is 34.0 Å². The van der Waals surface area contributed by atoms with Gasteiger partial charge in [0.1, 0.15) is 5.82 Å². The molecule has 3 rings (SSSR count). The first-order valence-corrected chi connectivity index (χ1v) is 8.28. The van der Waals surface area contributed by atoms with Crippen LogP contribution in [0.15, 0.2) is 18.2 Å². The summed E-state index contributed by atoms with van der Waals surface area (Å²) in [6.07, 6.45) is 4.19. The van der Waals surface area contributed by atoms with Gasteiger partial charge in [-0.1, -0.05) is 23.6 Å². The second-order valence-corrected chi connectivity index (χ2v) is 6.34. The van der Waals surface area contributed by atoms with Crippen LogP contribution in [0.3, 0.4) is 0 Å². The average molecular weight is 345 g/mol. The number of benzene rings is 1. The number of nitrogens with one attached hydrogen (secondary N) is 2. The molecule has 1 heterocycles. The summed E-state index contributed by atoms with van der Waals surface area (Å²) in [7, 11) is 0. The lowest BCUT2D eigenvalue weighted by Crippen LogP contribution is -2.35. The summed E-state index contributed by atoms with van der Waals surface area (Å²) < 4.78 is 14.6. The van der Waals surface area contributed by atoms with Gasteiger partial charge < -0.3 is 10.3 Å². The summed E-state index contributed by atoms with van der Waals surface area (Å²) in [4.78, 5) is 14.9. The number of aromatic nitrogens is 1. The van der Waals surface area contributed by atoms with Crippen LogP contribution in [0.2, 0.25) is 5.02 Å². The number of allylic oxidation sites excluding steroid dienone is 1. The maximum Gasteiger partial charge on any atom is 0.296 e. The van der Waals surface area contributed by atoms with Gasteiger partial charge in [0.2, 0.25) is 0 Å². The fourth-order valence-electron chi connectivity index (χ4n) is 3.24. The Labute approximate surface area is 145 Å². The fraction of sp³-hybridized carbons (Fsp3) is 0.316. The molecule has 24 heavy (non-hydrogen) atoms. The van der Waals surface area contributed by atoms with Crippen molar-refractivity contribution < 1.29 is 9.18 Å². The molecular weight excluding hydrogens is 327 g/mol. The summed E-state index contributed by atoms with van der Waals surface area (Å²) in [6, 6.07) is 3.11. The molecular formula is C19H18ClFN2O. The monoisotopic (exact) mass is 344 g/mol. The SMILES string of the molecule is CC#CC(=O)N[C@@H]1CCC=C(c2c(F)ccc3[nH]c(C)c(Cl)c23)C1. The van der Waals surface area contributed by atoms with Gasteiger partial charge in [-0.3, -0.25) is 4.79 Å². The van der Waals surface area contributed by atoms with E-state index in [2.05, 4.69) is 22.1 Å². The van der Waals surface area contributed by atoms with Crippen molar-refractivity contribution in [1.29, 1.82) is 0 Å². The highest BCUT2D eigenvalue weighted by molar-refractivity contribution is 6.37. The molecule has 1 atom stereocenters. The summed E-state index contributed by atoms with van der Waals surface area (Å²) in [5.74, 6) is 4.48. The summed E-state index contributed by atoms with van der Waals surface area (Å²) >= 11 is 6.39. The molecule has 2 aromatic rings. The summed E-state index contributed by atoms with van der Waals surface area (Å²) in [5.41, 5.74) is 3.04. The minimum atomic E-state index is -0.296. The van der Waals surface area contributed by atoms with Crippen molar-refractivity contribution in [3.05, 3.63) is 40.3 Å². The highest BCUT2D eigenvalue weighted by atomic mass is 35.5. The van der Waals surface area contributed by atoms with Gasteiger partial charge in [0.25, 0.3) is 5.91 Å². The molecule has 0 saturated heterocycles. The third-order valence-corrected chi connectivity index (χ3v) is 4.76. The second-order valence-electron chi connectivity index (χ2n) is 5.97. The smallest absolute Gasteiger partial charge is 0.296 e. The van der Waals surface area contributed by atoms with E-state index >= 15 is 0 Å². The molecule has 0 bridgehead atoms. The molecule has 3 nitrogen and oxygen atoms in total. The van der Waals surface area contributed by atoms with E-state index in [0.29, 0.717) is 22.4 Å².